The molecule has 11 nitrogen and oxygen atoms in total. The van der Waals surface area contributed by atoms with Crippen LogP contribution in [0.4, 0.5) is 0 Å². The zero-order chi connectivity index (χ0) is 48.3. The van der Waals surface area contributed by atoms with Gasteiger partial charge >= 0.3 is 17.9 Å². The van der Waals surface area contributed by atoms with Gasteiger partial charge in [-0.2, -0.15) is 0 Å². The SMILES string of the molecule is CCCC(CCC)COC(CCCC(CCCC(CCCC(OCC(CCC)CCC)OCC(CCC)CCC)(COC(=O)C1CCN(C)C1)C(=O)O)C(=O)O)OCC(CCC)CCC. The highest BCUT2D eigenvalue weighted by Crippen LogP contribution is 2.35. The summed E-state index contributed by atoms with van der Waals surface area (Å²) in [7, 11) is 1.97. The van der Waals surface area contributed by atoms with Crippen molar-refractivity contribution in [1.82, 2.24) is 4.90 Å². The van der Waals surface area contributed by atoms with Gasteiger partial charge < -0.3 is 38.8 Å². The molecule has 384 valence electrons. The molecule has 0 aromatic heterocycles. The molecule has 1 saturated heterocycles. The maximum absolute atomic E-state index is 13.4. The van der Waals surface area contributed by atoms with Crippen molar-refractivity contribution in [2.45, 2.75) is 235 Å². The molecule has 1 rings (SSSR count). The van der Waals surface area contributed by atoms with Gasteiger partial charge in [0.05, 0.1) is 38.3 Å². The molecule has 0 spiro atoms. The molecular formula is C54H103NO10. The normalized spacial score (nSPS) is 16.2. The molecule has 3 unspecified atom stereocenters. The summed E-state index contributed by atoms with van der Waals surface area (Å²) < 4.78 is 31.8. The molecule has 3 atom stereocenters. The van der Waals surface area contributed by atoms with Crippen LogP contribution in [0.1, 0.15) is 222 Å². The van der Waals surface area contributed by atoms with Crippen LogP contribution >= 0.6 is 0 Å². The molecule has 0 amide bonds. The standard InChI is InChI=1S/C54H103NO10/c1-10-21-43(22-11-2)38-61-49(62-39-44(23-12-3)24-13-4)31-18-29-47(51(56)57)30-19-34-54(53(59)60,42-65-52(58)48-33-36-55(9)37-48)35-20-32-50(63-40-45(25-14-5)26-15-6)64-41-46(27-16-7)28-17-8/h43-50H,10-42H2,1-9H3,(H,56,57)(H,59,60). The van der Waals surface area contributed by atoms with E-state index in [1.807, 2.05) is 7.05 Å². The summed E-state index contributed by atoms with van der Waals surface area (Å²) in [5.41, 5.74) is -1.36. The number of nitrogens with zero attached hydrogens (tertiary/aromatic N) is 1. The average molecular weight is 926 g/mol. The zero-order valence-electron chi connectivity index (χ0n) is 43.6. The summed E-state index contributed by atoms with van der Waals surface area (Å²) in [5, 5.41) is 21.4. The number of hydrogen-bond donors (Lipinski definition) is 2. The van der Waals surface area contributed by atoms with E-state index in [9.17, 15) is 24.6 Å². The second-order valence-corrected chi connectivity index (χ2v) is 20.2. The smallest absolute Gasteiger partial charge is 0.313 e. The van der Waals surface area contributed by atoms with Crippen LogP contribution in [0.15, 0.2) is 0 Å². The summed E-state index contributed by atoms with van der Waals surface area (Å²) in [6, 6.07) is 0. The van der Waals surface area contributed by atoms with Gasteiger partial charge in [0, 0.05) is 6.54 Å². The van der Waals surface area contributed by atoms with Crippen molar-refractivity contribution >= 4 is 17.9 Å². The summed E-state index contributed by atoms with van der Waals surface area (Å²) in [4.78, 5) is 41.6. The highest BCUT2D eigenvalue weighted by molar-refractivity contribution is 5.77. The molecular weight excluding hydrogens is 823 g/mol. The van der Waals surface area contributed by atoms with Crippen molar-refractivity contribution in [3.05, 3.63) is 0 Å². The number of ether oxygens (including phenoxy) is 5. The third-order valence-corrected chi connectivity index (χ3v) is 14.0. The van der Waals surface area contributed by atoms with E-state index in [0.29, 0.717) is 108 Å². The van der Waals surface area contributed by atoms with Gasteiger partial charge in [-0.3, -0.25) is 14.4 Å². The monoisotopic (exact) mass is 926 g/mol. The predicted molar refractivity (Wildman–Crippen MR) is 264 cm³/mol. The largest absolute Gasteiger partial charge is 0.481 e. The van der Waals surface area contributed by atoms with E-state index in [-0.39, 0.29) is 37.6 Å². The van der Waals surface area contributed by atoms with Gasteiger partial charge in [-0.25, -0.2) is 0 Å². The molecule has 0 bridgehead atoms. The average Bonchev–Trinajstić information content (AvgIpc) is 3.72. The Hall–Kier alpha value is -1.79. The van der Waals surface area contributed by atoms with Crippen molar-refractivity contribution in [2.75, 3.05) is 53.2 Å². The lowest BCUT2D eigenvalue weighted by Gasteiger charge is -2.31. The van der Waals surface area contributed by atoms with Crippen LogP contribution in [0.5, 0.6) is 0 Å². The number of carbonyl (C=O) groups is 3. The van der Waals surface area contributed by atoms with Crippen LogP contribution in [0.2, 0.25) is 0 Å². The molecule has 1 aliphatic rings. The maximum Gasteiger partial charge on any atom is 0.313 e. The molecule has 0 radical (unpaired) electrons. The van der Waals surface area contributed by atoms with Crippen molar-refractivity contribution in [1.29, 1.82) is 0 Å². The van der Waals surface area contributed by atoms with Crippen LogP contribution in [-0.2, 0) is 38.1 Å². The first-order valence-electron chi connectivity index (χ1n) is 27.1. The Balaban J connectivity index is 3.20. The molecule has 0 saturated carbocycles. The Bertz CT molecular complexity index is 1120. The van der Waals surface area contributed by atoms with Crippen molar-refractivity contribution in [3.8, 4) is 0 Å². The molecule has 1 fully saturated rings. The molecule has 0 aliphatic carbocycles. The molecule has 65 heavy (non-hydrogen) atoms. The van der Waals surface area contributed by atoms with Crippen LogP contribution in [0.25, 0.3) is 0 Å². The van der Waals surface area contributed by atoms with Crippen LogP contribution < -0.4 is 0 Å². The molecule has 11 heteroatoms. The van der Waals surface area contributed by atoms with Crippen LogP contribution in [0, 0.1) is 40.9 Å². The first-order valence-corrected chi connectivity index (χ1v) is 27.1. The first-order chi connectivity index (χ1) is 31.3. The van der Waals surface area contributed by atoms with Gasteiger partial charge in [-0.05, 0) is 146 Å². The predicted octanol–water partition coefficient (Wildman–Crippen LogP) is 13.3. The van der Waals surface area contributed by atoms with Gasteiger partial charge in [-0.1, -0.05) is 113 Å². The molecule has 1 heterocycles. The van der Waals surface area contributed by atoms with E-state index in [1.54, 1.807) is 0 Å². The zero-order valence-corrected chi connectivity index (χ0v) is 43.6. The molecule has 0 aromatic carbocycles. The van der Waals surface area contributed by atoms with E-state index in [1.165, 1.54) is 0 Å². The summed E-state index contributed by atoms with van der Waals surface area (Å²) in [6.07, 6.45) is 21.4. The van der Waals surface area contributed by atoms with Gasteiger partial charge in [0.15, 0.2) is 12.6 Å². The summed E-state index contributed by atoms with van der Waals surface area (Å²) >= 11 is 0. The third-order valence-electron chi connectivity index (χ3n) is 14.0. The van der Waals surface area contributed by atoms with Gasteiger partial charge in [-0.15, -0.1) is 0 Å². The Morgan fingerprint density at radius 3 is 1.22 bits per heavy atom. The minimum Gasteiger partial charge on any atom is -0.481 e. The highest BCUT2D eigenvalue weighted by atomic mass is 16.7. The van der Waals surface area contributed by atoms with E-state index in [4.69, 9.17) is 23.7 Å². The topological polar surface area (TPSA) is 141 Å². The van der Waals surface area contributed by atoms with Crippen LogP contribution in [-0.4, -0.2) is 98.8 Å². The first kappa shape index (κ1) is 61.2. The van der Waals surface area contributed by atoms with Crippen molar-refractivity contribution in [2.24, 2.45) is 40.9 Å². The Morgan fingerprint density at radius 2 is 0.892 bits per heavy atom. The molecule has 2 N–H and O–H groups in total. The van der Waals surface area contributed by atoms with Crippen LogP contribution in [0.3, 0.4) is 0 Å². The lowest BCUT2D eigenvalue weighted by molar-refractivity contribution is -0.169. The lowest BCUT2D eigenvalue weighted by Crippen LogP contribution is -2.38. The van der Waals surface area contributed by atoms with Gasteiger partial charge in [0.1, 0.15) is 12.0 Å². The second kappa shape index (κ2) is 38.1. The number of likely N-dealkylation sites (tertiary alicyclic amines) is 1. The Morgan fingerprint density at radius 1 is 0.538 bits per heavy atom. The fourth-order valence-electron chi connectivity index (χ4n) is 10.1. The minimum atomic E-state index is -1.36. The number of carbonyl (C=O) groups excluding carboxylic acids is 1. The Kier molecular flexibility index (Phi) is 35.9. The fraction of sp³-hybridized carbons (Fsp3) is 0.944. The van der Waals surface area contributed by atoms with E-state index < -0.39 is 29.6 Å². The maximum atomic E-state index is 13.4. The number of carboxylic acids is 2. The molecule has 0 aromatic rings. The number of carboxylic acid groups (broad SMARTS) is 2. The number of hydrogen-bond acceptors (Lipinski definition) is 9. The van der Waals surface area contributed by atoms with Crippen molar-refractivity contribution < 1.29 is 48.3 Å². The summed E-state index contributed by atoms with van der Waals surface area (Å²) in [6.45, 7) is 21.3. The van der Waals surface area contributed by atoms with E-state index in [0.717, 1.165) is 109 Å². The number of aliphatic carboxylic acids is 2. The fourth-order valence-corrected chi connectivity index (χ4v) is 10.1. The minimum absolute atomic E-state index is 0.210. The van der Waals surface area contributed by atoms with E-state index in [2.05, 4.69) is 60.3 Å². The third kappa shape index (κ3) is 27.1. The highest BCUT2D eigenvalue weighted by Gasteiger charge is 2.41. The number of esters is 1. The Labute approximate surface area is 398 Å². The summed E-state index contributed by atoms with van der Waals surface area (Å²) in [5.74, 6) is -1.28. The molecule has 1 aliphatic heterocycles. The van der Waals surface area contributed by atoms with E-state index >= 15 is 0 Å². The lowest BCUT2D eigenvalue weighted by atomic mass is 9.77. The van der Waals surface area contributed by atoms with Crippen molar-refractivity contribution in [3.63, 3.8) is 0 Å². The quantitative estimate of drug-likeness (QED) is 0.0445. The number of rotatable bonds is 45. The van der Waals surface area contributed by atoms with Gasteiger partial charge in [0.25, 0.3) is 0 Å². The van der Waals surface area contributed by atoms with Gasteiger partial charge in [0.2, 0.25) is 0 Å². The second-order valence-electron chi connectivity index (χ2n) is 20.2.